The molecule has 1 amide bonds. The lowest BCUT2D eigenvalue weighted by Gasteiger charge is -2.33. The van der Waals surface area contributed by atoms with E-state index in [0.717, 1.165) is 26.2 Å². The zero-order chi connectivity index (χ0) is 14.3. The molecule has 7 heteroatoms. The van der Waals surface area contributed by atoms with E-state index in [4.69, 9.17) is 22.1 Å². The van der Waals surface area contributed by atoms with Crippen LogP contribution in [0.4, 0.5) is 5.82 Å². The van der Waals surface area contributed by atoms with Crippen LogP contribution >= 0.6 is 11.6 Å². The van der Waals surface area contributed by atoms with Gasteiger partial charge in [0.05, 0.1) is 29.3 Å². The van der Waals surface area contributed by atoms with Crippen LogP contribution in [0.15, 0.2) is 12.3 Å². The summed E-state index contributed by atoms with van der Waals surface area (Å²) < 4.78 is 5.80. The summed E-state index contributed by atoms with van der Waals surface area (Å²) in [5.41, 5.74) is 5.54. The lowest BCUT2D eigenvalue weighted by Crippen LogP contribution is -2.48. The fourth-order valence-corrected chi connectivity index (χ4v) is 3.11. The van der Waals surface area contributed by atoms with Crippen molar-refractivity contribution in [3.63, 3.8) is 0 Å². The van der Waals surface area contributed by atoms with E-state index >= 15 is 0 Å². The number of hydrogen-bond acceptors (Lipinski definition) is 5. The normalized spacial score (nSPS) is 26.6. The lowest BCUT2D eigenvalue weighted by molar-refractivity contribution is -0.0362. The molecule has 2 aliphatic rings. The zero-order valence-electron chi connectivity index (χ0n) is 11.3. The molecule has 6 nitrogen and oxygen atoms in total. The number of anilines is 1. The van der Waals surface area contributed by atoms with Gasteiger partial charge >= 0.3 is 0 Å². The maximum atomic E-state index is 11.1. The highest BCUT2D eigenvalue weighted by Gasteiger charge is 2.39. The van der Waals surface area contributed by atoms with E-state index in [1.807, 2.05) is 0 Å². The zero-order valence-corrected chi connectivity index (χ0v) is 12.0. The number of rotatable bonds is 2. The van der Waals surface area contributed by atoms with Gasteiger partial charge in [0.15, 0.2) is 0 Å². The van der Waals surface area contributed by atoms with E-state index in [1.165, 1.54) is 6.20 Å². The summed E-state index contributed by atoms with van der Waals surface area (Å²) in [7, 11) is 2.11. The van der Waals surface area contributed by atoms with Gasteiger partial charge in [-0.25, -0.2) is 4.98 Å². The van der Waals surface area contributed by atoms with Gasteiger partial charge in [-0.3, -0.25) is 9.69 Å². The van der Waals surface area contributed by atoms with Gasteiger partial charge in [-0.15, -0.1) is 0 Å². The first-order chi connectivity index (χ1) is 9.56. The molecule has 3 heterocycles. The molecule has 0 bridgehead atoms. The summed E-state index contributed by atoms with van der Waals surface area (Å²) in [5.74, 6) is 0.159. The molecular formula is C13H17ClN4O2. The first-order valence-electron chi connectivity index (χ1n) is 6.58. The topological polar surface area (TPSA) is 71.7 Å². The van der Waals surface area contributed by atoms with Crippen LogP contribution in [0.1, 0.15) is 10.4 Å². The largest absolute Gasteiger partial charge is 0.373 e. The molecule has 0 saturated carbocycles. The summed E-state index contributed by atoms with van der Waals surface area (Å²) in [6, 6.07) is 1.93. The van der Waals surface area contributed by atoms with Gasteiger partial charge in [-0.1, -0.05) is 11.6 Å². The van der Waals surface area contributed by atoms with Crippen molar-refractivity contribution in [3.05, 3.63) is 22.8 Å². The molecule has 1 aromatic heterocycles. The highest BCUT2D eigenvalue weighted by Crippen LogP contribution is 2.30. The van der Waals surface area contributed by atoms with Crippen LogP contribution in [0.3, 0.4) is 0 Å². The highest BCUT2D eigenvalue weighted by molar-refractivity contribution is 6.33. The summed E-state index contributed by atoms with van der Waals surface area (Å²) in [4.78, 5) is 19.8. The number of hydrogen-bond donors (Lipinski definition) is 1. The number of carbonyl (C=O) groups excluding carboxylic acids is 1. The van der Waals surface area contributed by atoms with E-state index < -0.39 is 5.91 Å². The molecule has 2 aliphatic heterocycles. The standard InChI is InChI=1S/C13H17ClN4O2/c1-17-2-3-20-11-7-18(6-10(11)17)13-9(14)4-8(5-16-13)12(15)19/h4-5,10-11H,2-3,6-7H2,1H3,(H2,15,19). The van der Waals surface area contributed by atoms with E-state index in [0.29, 0.717) is 22.4 Å². The van der Waals surface area contributed by atoms with Crippen molar-refractivity contribution in [1.29, 1.82) is 0 Å². The van der Waals surface area contributed by atoms with Crippen molar-refractivity contribution in [3.8, 4) is 0 Å². The van der Waals surface area contributed by atoms with Crippen LogP contribution < -0.4 is 10.6 Å². The van der Waals surface area contributed by atoms with Crippen molar-refractivity contribution in [2.45, 2.75) is 12.1 Å². The average molecular weight is 297 g/mol. The van der Waals surface area contributed by atoms with E-state index in [-0.39, 0.29) is 6.10 Å². The first-order valence-corrected chi connectivity index (χ1v) is 6.96. The van der Waals surface area contributed by atoms with Crippen LogP contribution in [-0.2, 0) is 4.74 Å². The number of pyridine rings is 1. The second kappa shape index (κ2) is 5.20. The van der Waals surface area contributed by atoms with E-state index in [9.17, 15) is 4.79 Å². The van der Waals surface area contributed by atoms with Gasteiger partial charge in [-0.2, -0.15) is 0 Å². The third-order valence-electron chi connectivity index (χ3n) is 3.98. The molecule has 1 aromatic rings. The summed E-state index contributed by atoms with van der Waals surface area (Å²) in [6.45, 7) is 3.28. The number of ether oxygens (including phenoxy) is 1. The third-order valence-corrected chi connectivity index (χ3v) is 4.26. The Kier molecular flexibility index (Phi) is 3.54. The monoisotopic (exact) mass is 296 g/mol. The van der Waals surface area contributed by atoms with Crippen molar-refractivity contribution in [2.24, 2.45) is 5.73 Å². The highest BCUT2D eigenvalue weighted by atomic mass is 35.5. The maximum Gasteiger partial charge on any atom is 0.250 e. The fourth-order valence-electron chi connectivity index (χ4n) is 2.83. The minimum Gasteiger partial charge on any atom is -0.373 e. The molecule has 0 aliphatic carbocycles. The van der Waals surface area contributed by atoms with Crippen LogP contribution in [-0.4, -0.2) is 61.2 Å². The Morgan fingerprint density at radius 1 is 1.55 bits per heavy atom. The second-order valence-corrected chi connectivity index (χ2v) is 5.66. The Hall–Kier alpha value is -1.37. The minimum atomic E-state index is -0.524. The molecule has 2 N–H and O–H groups in total. The average Bonchev–Trinajstić information content (AvgIpc) is 2.83. The Morgan fingerprint density at radius 3 is 3.00 bits per heavy atom. The summed E-state index contributed by atoms with van der Waals surface area (Å²) in [5, 5.41) is 0.447. The molecule has 0 spiro atoms. The number of nitrogens with zero attached hydrogens (tertiary/aromatic N) is 3. The fraction of sp³-hybridized carbons (Fsp3) is 0.538. The number of halogens is 1. The molecule has 3 rings (SSSR count). The van der Waals surface area contributed by atoms with Gasteiger partial charge in [0, 0.05) is 25.8 Å². The number of likely N-dealkylation sites (N-methyl/N-ethyl adjacent to an activating group) is 1. The molecule has 2 saturated heterocycles. The van der Waals surface area contributed by atoms with Crippen LogP contribution in [0.25, 0.3) is 0 Å². The van der Waals surface area contributed by atoms with Gasteiger partial charge in [0.2, 0.25) is 5.91 Å². The quantitative estimate of drug-likeness (QED) is 0.853. The van der Waals surface area contributed by atoms with Gasteiger partial charge in [-0.05, 0) is 13.1 Å². The molecule has 2 atom stereocenters. The van der Waals surface area contributed by atoms with Crippen LogP contribution in [0.5, 0.6) is 0 Å². The Labute approximate surface area is 122 Å². The van der Waals surface area contributed by atoms with E-state index in [2.05, 4.69) is 21.8 Å². The van der Waals surface area contributed by atoms with Crippen molar-refractivity contribution in [2.75, 3.05) is 38.2 Å². The SMILES string of the molecule is CN1CCOC2CN(c3ncc(C(N)=O)cc3Cl)CC21. The molecule has 0 radical (unpaired) electrons. The molecule has 2 fully saturated rings. The smallest absolute Gasteiger partial charge is 0.250 e. The van der Waals surface area contributed by atoms with Crippen LogP contribution in [0.2, 0.25) is 5.02 Å². The van der Waals surface area contributed by atoms with E-state index in [1.54, 1.807) is 6.07 Å². The number of morpholine rings is 1. The molecular weight excluding hydrogens is 280 g/mol. The Bertz CT molecular complexity index is 539. The minimum absolute atomic E-state index is 0.183. The third kappa shape index (κ3) is 2.34. The predicted molar refractivity (Wildman–Crippen MR) is 76.1 cm³/mol. The Balaban J connectivity index is 1.82. The molecule has 108 valence electrons. The lowest BCUT2D eigenvalue weighted by atomic mass is 10.1. The summed E-state index contributed by atoms with van der Waals surface area (Å²) in [6.07, 6.45) is 1.65. The maximum absolute atomic E-state index is 11.1. The number of amides is 1. The summed E-state index contributed by atoms with van der Waals surface area (Å²) >= 11 is 6.22. The second-order valence-electron chi connectivity index (χ2n) is 5.26. The molecule has 20 heavy (non-hydrogen) atoms. The van der Waals surface area contributed by atoms with Crippen molar-refractivity contribution >= 4 is 23.3 Å². The van der Waals surface area contributed by atoms with Crippen LogP contribution in [0, 0.1) is 0 Å². The molecule has 0 aromatic carbocycles. The first kappa shape index (κ1) is 13.6. The van der Waals surface area contributed by atoms with Gasteiger partial charge < -0.3 is 15.4 Å². The van der Waals surface area contributed by atoms with Gasteiger partial charge in [0.1, 0.15) is 5.82 Å². The predicted octanol–water partition coefficient (Wildman–Crippen LogP) is 0.353. The number of fused-ring (bicyclic) bond motifs is 1. The number of nitrogens with two attached hydrogens (primary N) is 1. The van der Waals surface area contributed by atoms with Crippen molar-refractivity contribution in [1.82, 2.24) is 9.88 Å². The number of primary amides is 1. The van der Waals surface area contributed by atoms with Gasteiger partial charge in [0.25, 0.3) is 0 Å². The number of carbonyl (C=O) groups is 1. The van der Waals surface area contributed by atoms with Crippen molar-refractivity contribution < 1.29 is 9.53 Å². The Morgan fingerprint density at radius 2 is 2.35 bits per heavy atom. The number of aromatic nitrogens is 1. The molecule has 2 unspecified atom stereocenters.